The van der Waals surface area contributed by atoms with Gasteiger partial charge in [-0.1, -0.05) is 12.1 Å². The van der Waals surface area contributed by atoms with Crippen LogP contribution in [0, 0.1) is 6.92 Å². The minimum atomic E-state index is -4.36. The molecule has 5 rings (SSSR count). The highest BCUT2D eigenvalue weighted by Crippen LogP contribution is 2.36. The van der Waals surface area contributed by atoms with E-state index in [0.29, 0.717) is 11.6 Å². The molecule has 0 spiro atoms. The lowest BCUT2D eigenvalue weighted by Crippen LogP contribution is -2.50. The van der Waals surface area contributed by atoms with Crippen molar-refractivity contribution in [3.63, 3.8) is 0 Å². The molecule has 2 saturated heterocycles. The molecule has 1 aromatic heterocycles. The maximum Gasteiger partial charge on any atom is 0.416 e. The van der Waals surface area contributed by atoms with Crippen molar-refractivity contribution in [1.29, 1.82) is 0 Å². The summed E-state index contributed by atoms with van der Waals surface area (Å²) in [7, 11) is 0. The summed E-state index contributed by atoms with van der Waals surface area (Å²) in [4.78, 5) is 9.55. The number of nitrogens with zero attached hydrogens (tertiary/aromatic N) is 3. The van der Waals surface area contributed by atoms with E-state index in [0.717, 1.165) is 35.7 Å². The molecular formula is C27H31F3N4. The lowest BCUT2D eigenvalue weighted by Gasteiger charge is -2.43. The number of benzene rings is 2. The second-order valence-electron chi connectivity index (χ2n) is 9.55. The van der Waals surface area contributed by atoms with Gasteiger partial charge in [-0.25, -0.2) is 0 Å². The van der Waals surface area contributed by atoms with Crippen LogP contribution >= 0.6 is 0 Å². The van der Waals surface area contributed by atoms with Crippen molar-refractivity contribution in [3.05, 3.63) is 65.4 Å². The molecule has 180 valence electrons. The molecule has 2 fully saturated rings. The van der Waals surface area contributed by atoms with Gasteiger partial charge in [-0.05, 0) is 87.7 Å². The molecular weight excluding hydrogens is 437 g/mol. The zero-order chi connectivity index (χ0) is 23.9. The summed E-state index contributed by atoms with van der Waals surface area (Å²) in [5.74, 6) is 0. The van der Waals surface area contributed by atoms with E-state index in [2.05, 4.69) is 32.2 Å². The van der Waals surface area contributed by atoms with Crippen molar-refractivity contribution in [2.75, 3.05) is 36.4 Å². The molecule has 2 aliphatic heterocycles. The van der Waals surface area contributed by atoms with Crippen molar-refractivity contribution in [1.82, 2.24) is 9.88 Å². The third kappa shape index (κ3) is 4.45. The Labute approximate surface area is 198 Å². The molecule has 3 heterocycles. The van der Waals surface area contributed by atoms with Gasteiger partial charge in [-0.3, -0.25) is 4.98 Å². The van der Waals surface area contributed by atoms with E-state index in [1.54, 1.807) is 19.2 Å². The van der Waals surface area contributed by atoms with Crippen molar-refractivity contribution in [3.8, 4) is 0 Å². The van der Waals surface area contributed by atoms with Gasteiger partial charge in [0.2, 0.25) is 0 Å². The molecule has 4 nitrogen and oxygen atoms in total. The maximum absolute atomic E-state index is 13.4. The first kappa shape index (κ1) is 23.0. The minimum Gasteiger partial charge on any atom is -0.378 e. The van der Waals surface area contributed by atoms with E-state index < -0.39 is 11.7 Å². The van der Waals surface area contributed by atoms with Crippen LogP contribution in [0.25, 0.3) is 10.9 Å². The van der Waals surface area contributed by atoms with E-state index >= 15 is 0 Å². The van der Waals surface area contributed by atoms with Crippen LogP contribution in [0.3, 0.4) is 0 Å². The van der Waals surface area contributed by atoms with Crippen LogP contribution in [-0.2, 0) is 6.18 Å². The van der Waals surface area contributed by atoms with Crippen LogP contribution in [-0.4, -0.2) is 42.1 Å². The van der Waals surface area contributed by atoms with Crippen LogP contribution in [0.2, 0.25) is 0 Å². The first-order valence-electron chi connectivity index (χ1n) is 12.1. The van der Waals surface area contributed by atoms with E-state index in [9.17, 15) is 13.2 Å². The summed E-state index contributed by atoms with van der Waals surface area (Å²) in [6, 6.07) is 13.0. The summed E-state index contributed by atoms with van der Waals surface area (Å²) in [5, 5.41) is 4.44. The molecule has 0 aliphatic carbocycles. The Hall–Kier alpha value is -2.80. The topological polar surface area (TPSA) is 31.4 Å². The maximum atomic E-state index is 13.4. The van der Waals surface area contributed by atoms with Gasteiger partial charge < -0.3 is 15.1 Å². The molecule has 3 aromatic rings. The number of alkyl halides is 3. The first-order chi connectivity index (χ1) is 16.3. The molecule has 2 aromatic carbocycles. The fourth-order valence-corrected chi connectivity index (χ4v) is 5.39. The number of piperidine rings is 1. The van der Waals surface area contributed by atoms with Gasteiger partial charge in [0.1, 0.15) is 0 Å². The number of fused-ring (bicyclic) bond motifs is 1. The number of hydrogen-bond acceptors (Lipinski definition) is 4. The van der Waals surface area contributed by atoms with Crippen LogP contribution in [0.1, 0.15) is 48.9 Å². The Morgan fingerprint density at radius 1 is 1.03 bits per heavy atom. The predicted molar refractivity (Wildman–Crippen MR) is 131 cm³/mol. The minimum absolute atomic E-state index is 0.263. The van der Waals surface area contributed by atoms with Gasteiger partial charge >= 0.3 is 6.18 Å². The fraction of sp³-hybridized carbons (Fsp3) is 0.444. The lowest BCUT2D eigenvalue weighted by molar-refractivity contribution is -0.138. The predicted octanol–water partition coefficient (Wildman–Crippen LogP) is 6.41. The van der Waals surface area contributed by atoms with E-state index in [1.165, 1.54) is 44.1 Å². The molecule has 0 bridgehead atoms. The Balaban J connectivity index is 1.38. The second kappa shape index (κ2) is 9.10. The monoisotopic (exact) mass is 468 g/mol. The van der Waals surface area contributed by atoms with Gasteiger partial charge in [0.25, 0.3) is 0 Å². The van der Waals surface area contributed by atoms with E-state index in [1.807, 2.05) is 19.1 Å². The quantitative estimate of drug-likeness (QED) is 0.469. The standard InChI is InChI=1S/C27H31F3N4/c1-18-22(5-3-6-24(18)27(28,29)30)19(2)32-26-9-12-31-25-8-7-21(17-23(25)26)34-15-10-20(11-16-34)33-13-4-14-33/h3,5-9,12,17,19-20H,4,10-11,13-16H2,1-2H3,(H,31,32)/t19-/m1/s1. The summed E-state index contributed by atoms with van der Waals surface area (Å²) in [6.07, 6.45) is 1.08. The normalized spacial score (nSPS) is 18.7. The number of nitrogens with one attached hydrogen (secondary N) is 1. The fourth-order valence-electron chi connectivity index (χ4n) is 5.39. The largest absolute Gasteiger partial charge is 0.416 e. The molecule has 0 unspecified atom stereocenters. The second-order valence-corrected chi connectivity index (χ2v) is 9.55. The van der Waals surface area contributed by atoms with Crippen LogP contribution in [0.4, 0.5) is 24.5 Å². The molecule has 0 radical (unpaired) electrons. The van der Waals surface area contributed by atoms with Crippen LogP contribution < -0.4 is 10.2 Å². The number of likely N-dealkylation sites (tertiary alicyclic amines) is 1. The van der Waals surface area contributed by atoms with E-state index in [4.69, 9.17) is 0 Å². The third-order valence-corrected chi connectivity index (χ3v) is 7.48. The molecule has 1 N–H and O–H groups in total. The Kier molecular flexibility index (Phi) is 6.15. The number of pyridine rings is 1. The highest BCUT2D eigenvalue weighted by Gasteiger charge is 2.33. The Morgan fingerprint density at radius 2 is 1.79 bits per heavy atom. The first-order valence-corrected chi connectivity index (χ1v) is 12.1. The smallest absolute Gasteiger partial charge is 0.378 e. The van der Waals surface area contributed by atoms with Gasteiger partial charge in [0.15, 0.2) is 0 Å². The molecule has 0 amide bonds. The number of rotatable bonds is 5. The lowest BCUT2D eigenvalue weighted by atomic mass is 9.97. The van der Waals surface area contributed by atoms with Crippen LogP contribution in [0.15, 0.2) is 48.7 Å². The summed E-state index contributed by atoms with van der Waals surface area (Å²) in [5.41, 5.74) is 3.25. The average molecular weight is 469 g/mol. The molecule has 1 atom stereocenters. The summed E-state index contributed by atoms with van der Waals surface area (Å²) >= 11 is 0. The molecule has 34 heavy (non-hydrogen) atoms. The summed E-state index contributed by atoms with van der Waals surface area (Å²) in [6.45, 7) is 8.00. The van der Waals surface area contributed by atoms with Crippen molar-refractivity contribution in [2.45, 2.75) is 51.4 Å². The van der Waals surface area contributed by atoms with Crippen molar-refractivity contribution < 1.29 is 13.2 Å². The van der Waals surface area contributed by atoms with Gasteiger partial charge in [-0.2, -0.15) is 13.2 Å². The zero-order valence-electron chi connectivity index (χ0n) is 19.7. The van der Waals surface area contributed by atoms with E-state index in [-0.39, 0.29) is 11.6 Å². The van der Waals surface area contributed by atoms with Crippen molar-refractivity contribution >= 4 is 22.3 Å². The zero-order valence-corrected chi connectivity index (χ0v) is 19.7. The van der Waals surface area contributed by atoms with Gasteiger partial charge in [0.05, 0.1) is 11.1 Å². The molecule has 7 heteroatoms. The number of anilines is 2. The van der Waals surface area contributed by atoms with Gasteiger partial charge in [0, 0.05) is 48.1 Å². The highest BCUT2D eigenvalue weighted by molar-refractivity contribution is 5.93. The Bertz CT molecular complexity index is 1160. The average Bonchev–Trinajstić information content (AvgIpc) is 2.78. The molecule has 0 saturated carbocycles. The summed E-state index contributed by atoms with van der Waals surface area (Å²) < 4.78 is 40.2. The third-order valence-electron chi connectivity index (χ3n) is 7.48. The number of hydrogen-bond donors (Lipinski definition) is 1. The van der Waals surface area contributed by atoms with Crippen molar-refractivity contribution in [2.24, 2.45) is 0 Å². The molecule has 2 aliphatic rings. The highest BCUT2D eigenvalue weighted by atomic mass is 19.4. The number of halogens is 3. The van der Waals surface area contributed by atoms with Crippen LogP contribution in [0.5, 0.6) is 0 Å². The van der Waals surface area contributed by atoms with Gasteiger partial charge in [-0.15, -0.1) is 0 Å². The number of aromatic nitrogens is 1. The SMILES string of the molecule is Cc1c([C@@H](C)Nc2ccnc3ccc(N4CCC(N5CCC5)CC4)cc23)cccc1C(F)(F)F. The Morgan fingerprint density at radius 3 is 2.47 bits per heavy atom.